The van der Waals surface area contributed by atoms with Crippen molar-refractivity contribution in [2.24, 2.45) is 5.41 Å². The average molecular weight is 388 g/mol. The lowest BCUT2D eigenvalue weighted by Gasteiger charge is -2.41. The summed E-state index contributed by atoms with van der Waals surface area (Å²) in [6.07, 6.45) is 7.05. The molecule has 1 N–H and O–H groups in total. The Morgan fingerprint density at radius 3 is 2.00 bits per heavy atom. The van der Waals surface area contributed by atoms with E-state index in [0.717, 1.165) is 6.42 Å². The predicted molar refractivity (Wildman–Crippen MR) is 117 cm³/mol. The van der Waals surface area contributed by atoms with Crippen LogP contribution in [0.4, 0.5) is 0 Å². The molecule has 0 rings (SSSR count). The van der Waals surface area contributed by atoms with E-state index < -0.39 is 5.41 Å². The maximum Gasteiger partial charge on any atom is 0.226 e. The second-order valence-electron chi connectivity index (χ2n) is 10.00. The number of nitrogens with one attached hydrogen (secondary N) is 1. The lowest BCUT2D eigenvalue weighted by Crippen LogP contribution is -2.52. The number of amides is 1. The summed E-state index contributed by atoms with van der Waals surface area (Å²) in [5.74, 6) is 0.110. The predicted octanol–water partition coefficient (Wildman–Crippen LogP) is 6.20. The van der Waals surface area contributed by atoms with Crippen LogP contribution in [0.25, 0.3) is 0 Å². The van der Waals surface area contributed by atoms with E-state index in [-0.39, 0.29) is 20.9 Å². The number of carbonyl (C=O) groups excluding carboxylic acids is 1. The van der Waals surface area contributed by atoms with E-state index in [2.05, 4.69) is 65.5 Å². The van der Waals surface area contributed by atoms with Gasteiger partial charge < -0.3 is 10.1 Å². The first-order valence-corrected chi connectivity index (χ1v) is 11.1. The van der Waals surface area contributed by atoms with Gasteiger partial charge >= 0.3 is 0 Å². The minimum atomic E-state index is -0.417. The van der Waals surface area contributed by atoms with Crippen molar-refractivity contribution in [2.45, 2.75) is 116 Å². The van der Waals surface area contributed by atoms with E-state index in [1.807, 2.05) is 13.8 Å². The van der Waals surface area contributed by atoms with Gasteiger partial charge in [0.2, 0.25) is 5.91 Å². The van der Waals surface area contributed by atoms with E-state index in [1.54, 1.807) is 7.11 Å². The number of hydrogen-bond donors (Lipinski definition) is 1. The molecule has 0 radical (unpaired) electrons. The van der Waals surface area contributed by atoms with Gasteiger partial charge in [-0.05, 0) is 33.1 Å². The first kappa shape index (κ1) is 25.8. The molecule has 0 aliphatic rings. The van der Waals surface area contributed by atoms with Crippen molar-refractivity contribution in [2.75, 3.05) is 13.7 Å². The van der Waals surface area contributed by atoms with E-state index in [0.29, 0.717) is 6.61 Å². The summed E-state index contributed by atoms with van der Waals surface area (Å²) in [7, 11) is 1.67. The quantitative estimate of drug-likeness (QED) is 0.408. The Kier molecular flexibility index (Phi) is 10.3. The largest absolute Gasteiger partial charge is 0.382 e. The zero-order chi connectivity index (χ0) is 20.6. The number of rotatable bonds is 13. The van der Waals surface area contributed by atoms with Gasteiger partial charge in [-0.1, -0.05) is 67.7 Å². The molecule has 0 saturated carbocycles. The number of methoxy groups -OCH3 is 1. The highest BCUT2D eigenvalue weighted by Gasteiger charge is 2.40. The number of hydrogen-bond acceptors (Lipinski definition) is 3. The lowest BCUT2D eigenvalue weighted by atomic mass is 9.82. The summed E-state index contributed by atoms with van der Waals surface area (Å²) in [4.78, 5) is 12.9. The van der Waals surface area contributed by atoms with Crippen LogP contribution in [0.1, 0.15) is 101 Å². The van der Waals surface area contributed by atoms with Crippen LogP contribution in [0, 0.1) is 5.41 Å². The zero-order valence-corrected chi connectivity index (χ0v) is 20.0. The van der Waals surface area contributed by atoms with Crippen molar-refractivity contribution in [1.82, 2.24) is 5.32 Å². The Bertz CT molecular complexity index is 432. The third kappa shape index (κ3) is 9.64. The highest BCUT2D eigenvalue weighted by Crippen LogP contribution is 2.47. The second-order valence-corrected chi connectivity index (χ2v) is 12.3. The van der Waals surface area contributed by atoms with Crippen LogP contribution in [0.2, 0.25) is 0 Å². The molecule has 0 aliphatic heterocycles. The maximum absolute atomic E-state index is 12.9. The van der Waals surface area contributed by atoms with Gasteiger partial charge in [-0.15, -0.1) is 11.8 Å². The third-order valence-electron chi connectivity index (χ3n) is 4.80. The van der Waals surface area contributed by atoms with E-state index in [1.165, 1.54) is 32.1 Å². The van der Waals surface area contributed by atoms with Crippen molar-refractivity contribution in [3.05, 3.63) is 0 Å². The molecule has 1 atom stereocenters. The molecule has 0 spiro atoms. The molecular weight excluding hydrogens is 342 g/mol. The number of carbonyl (C=O) groups is 1. The van der Waals surface area contributed by atoms with E-state index >= 15 is 0 Å². The number of ether oxygens (including phenoxy) is 1. The highest BCUT2D eigenvalue weighted by molar-refractivity contribution is 8.01. The Morgan fingerprint density at radius 2 is 1.54 bits per heavy atom. The molecule has 1 amide bonds. The molecule has 0 aliphatic carbocycles. The van der Waals surface area contributed by atoms with Crippen molar-refractivity contribution >= 4 is 17.7 Å². The van der Waals surface area contributed by atoms with Crippen LogP contribution in [0.5, 0.6) is 0 Å². The molecule has 0 aromatic heterocycles. The Morgan fingerprint density at radius 1 is 0.962 bits per heavy atom. The number of unbranched alkanes of at least 4 members (excludes halogenated alkanes) is 1. The molecule has 26 heavy (non-hydrogen) atoms. The molecule has 4 heteroatoms. The van der Waals surface area contributed by atoms with Gasteiger partial charge in [-0.25, -0.2) is 0 Å². The Balaban J connectivity index is 5.09. The fourth-order valence-corrected chi connectivity index (χ4v) is 6.35. The third-order valence-corrected chi connectivity index (χ3v) is 6.40. The summed E-state index contributed by atoms with van der Waals surface area (Å²) in [6, 6.07) is 0. The normalized spacial score (nSPS) is 15.6. The Hall–Kier alpha value is -0.220. The summed E-state index contributed by atoms with van der Waals surface area (Å²) in [5.41, 5.74) is -0.766. The van der Waals surface area contributed by atoms with Gasteiger partial charge in [0.25, 0.3) is 0 Å². The average Bonchev–Trinajstić information content (AvgIpc) is 2.42. The van der Waals surface area contributed by atoms with Crippen LogP contribution in [-0.4, -0.2) is 34.7 Å². The van der Waals surface area contributed by atoms with Gasteiger partial charge in [0.1, 0.15) is 0 Å². The van der Waals surface area contributed by atoms with Crippen LogP contribution < -0.4 is 5.32 Å². The molecule has 0 aromatic carbocycles. The van der Waals surface area contributed by atoms with Gasteiger partial charge in [0, 0.05) is 22.0 Å². The first-order valence-electron chi connectivity index (χ1n) is 10.2. The molecule has 3 nitrogen and oxygen atoms in total. The summed E-state index contributed by atoms with van der Waals surface area (Å²) >= 11 is 2.08. The highest BCUT2D eigenvalue weighted by atomic mass is 32.2. The van der Waals surface area contributed by atoms with Crippen molar-refractivity contribution < 1.29 is 9.53 Å². The van der Waals surface area contributed by atoms with Crippen molar-refractivity contribution in [1.29, 1.82) is 0 Å². The molecule has 156 valence electrons. The minimum absolute atomic E-state index is 0.0455. The Labute approximate surface area is 167 Å². The van der Waals surface area contributed by atoms with Gasteiger partial charge in [0.15, 0.2) is 0 Å². The SMILES string of the molecule is CCCCC(C)(CCC)SC(C)(C)CC(C)(C)C(=O)NC(C)(C)COC. The maximum atomic E-state index is 12.9. The summed E-state index contributed by atoms with van der Waals surface area (Å²) in [5, 5.41) is 3.17. The second kappa shape index (κ2) is 10.4. The van der Waals surface area contributed by atoms with Crippen LogP contribution in [0.15, 0.2) is 0 Å². The molecule has 0 fully saturated rings. The molecule has 0 bridgehead atoms. The molecule has 1 unspecified atom stereocenters. The molecular formula is C22H45NO2S. The molecule has 0 aromatic rings. The standard InChI is InChI=1S/C22H45NO2S/c1-11-13-15-22(9,14-12-2)26-21(7,8)16-19(3,4)18(24)23-20(5,6)17-25-10/h11-17H2,1-10H3,(H,23,24). The smallest absolute Gasteiger partial charge is 0.226 e. The molecule has 0 saturated heterocycles. The number of thioether (sulfide) groups is 1. The van der Waals surface area contributed by atoms with Crippen LogP contribution in [-0.2, 0) is 9.53 Å². The summed E-state index contributed by atoms with van der Waals surface area (Å²) in [6.45, 7) is 20.2. The van der Waals surface area contributed by atoms with E-state index in [9.17, 15) is 4.79 Å². The fourth-order valence-electron chi connectivity index (χ4n) is 4.03. The monoisotopic (exact) mass is 387 g/mol. The van der Waals surface area contributed by atoms with E-state index in [4.69, 9.17) is 4.74 Å². The van der Waals surface area contributed by atoms with Crippen LogP contribution >= 0.6 is 11.8 Å². The lowest BCUT2D eigenvalue weighted by molar-refractivity contribution is -0.132. The van der Waals surface area contributed by atoms with Gasteiger partial charge in [-0.2, -0.15) is 0 Å². The van der Waals surface area contributed by atoms with Crippen molar-refractivity contribution in [3.8, 4) is 0 Å². The van der Waals surface area contributed by atoms with Crippen molar-refractivity contribution in [3.63, 3.8) is 0 Å². The summed E-state index contributed by atoms with van der Waals surface area (Å²) < 4.78 is 5.57. The fraction of sp³-hybridized carbons (Fsp3) is 0.955. The molecule has 0 heterocycles. The minimum Gasteiger partial charge on any atom is -0.382 e. The first-order chi connectivity index (χ1) is 11.7. The van der Waals surface area contributed by atoms with Gasteiger partial charge in [0.05, 0.1) is 12.1 Å². The zero-order valence-electron chi connectivity index (χ0n) is 19.2. The van der Waals surface area contributed by atoms with Crippen LogP contribution in [0.3, 0.4) is 0 Å². The van der Waals surface area contributed by atoms with Gasteiger partial charge in [-0.3, -0.25) is 4.79 Å². The topological polar surface area (TPSA) is 38.3 Å².